The van der Waals surface area contributed by atoms with Crippen LogP contribution >= 0.6 is 23.1 Å². The van der Waals surface area contributed by atoms with E-state index in [1.807, 2.05) is 0 Å². The van der Waals surface area contributed by atoms with E-state index >= 15 is 0 Å². The van der Waals surface area contributed by atoms with Crippen molar-refractivity contribution in [3.8, 4) is 0 Å². The number of amides is 2. The van der Waals surface area contributed by atoms with Crippen LogP contribution in [0.2, 0.25) is 0 Å². The Kier molecular flexibility index (Phi) is 5.19. The minimum Gasteiger partial charge on any atom is -0.366 e. The zero-order valence-electron chi connectivity index (χ0n) is 14.9. The van der Waals surface area contributed by atoms with Gasteiger partial charge in [-0.1, -0.05) is 23.9 Å². The number of fused-ring (bicyclic) bond motifs is 3. The lowest BCUT2D eigenvalue weighted by atomic mass is 9.97. The van der Waals surface area contributed by atoms with Crippen LogP contribution in [0.5, 0.6) is 0 Å². The molecule has 0 bridgehead atoms. The predicted molar refractivity (Wildman–Crippen MR) is 111 cm³/mol. The maximum absolute atomic E-state index is 12.5. The first kappa shape index (κ1) is 18.7. The van der Waals surface area contributed by atoms with E-state index in [9.17, 15) is 14.4 Å². The first-order chi connectivity index (χ1) is 13.5. The molecular weight excluding hydrogens is 396 g/mol. The average molecular weight is 415 g/mol. The van der Waals surface area contributed by atoms with Crippen molar-refractivity contribution in [2.45, 2.75) is 30.8 Å². The fraction of sp³-hybridized carbons (Fsp3) is 0.263. The summed E-state index contributed by atoms with van der Waals surface area (Å²) in [6, 6.07) is 6.55. The van der Waals surface area contributed by atoms with Crippen molar-refractivity contribution in [2.75, 3.05) is 11.1 Å². The number of carbonyl (C=O) groups is 2. The molecule has 0 saturated heterocycles. The van der Waals surface area contributed by atoms with Crippen LogP contribution in [0, 0.1) is 0 Å². The van der Waals surface area contributed by atoms with Gasteiger partial charge >= 0.3 is 0 Å². The van der Waals surface area contributed by atoms with Gasteiger partial charge < -0.3 is 16.0 Å². The highest BCUT2D eigenvalue weighted by atomic mass is 32.2. The van der Waals surface area contributed by atoms with Gasteiger partial charge in [0, 0.05) is 4.88 Å². The number of aromatic amines is 1. The lowest BCUT2D eigenvalue weighted by Gasteiger charge is -2.09. The largest absolute Gasteiger partial charge is 0.366 e. The lowest BCUT2D eigenvalue weighted by Crippen LogP contribution is -2.19. The maximum Gasteiger partial charge on any atom is 0.260 e. The molecule has 0 fully saturated rings. The molecule has 144 valence electrons. The fourth-order valence-corrected chi connectivity index (χ4v) is 5.32. The van der Waals surface area contributed by atoms with Crippen LogP contribution in [0.15, 0.2) is 34.2 Å². The molecule has 4 rings (SSSR count). The molecule has 1 aromatic carbocycles. The molecule has 1 aliphatic rings. The summed E-state index contributed by atoms with van der Waals surface area (Å²) in [7, 11) is 0. The van der Waals surface area contributed by atoms with E-state index in [-0.39, 0.29) is 22.8 Å². The molecule has 9 heteroatoms. The Morgan fingerprint density at radius 1 is 1.25 bits per heavy atom. The predicted octanol–water partition coefficient (Wildman–Crippen LogP) is 2.69. The average Bonchev–Trinajstić information content (AvgIpc) is 3.05. The second kappa shape index (κ2) is 7.76. The van der Waals surface area contributed by atoms with E-state index in [0.29, 0.717) is 16.2 Å². The van der Waals surface area contributed by atoms with Crippen LogP contribution in [0.1, 0.15) is 33.6 Å². The summed E-state index contributed by atoms with van der Waals surface area (Å²) in [5, 5.41) is 3.79. The van der Waals surface area contributed by atoms with E-state index in [2.05, 4.69) is 15.3 Å². The van der Waals surface area contributed by atoms with Gasteiger partial charge in [0.15, 0.2) is 5.16 Å². The Morgan fingerprint density at radius 2 is 2.04 bits per heavy atom. The third-order valence-electron chi connectivity index (χ3n) is 4.61. The molecule has 1 aliphatic carbocycles. The molecule has 4 N–H and O–H groups in total. The minimum absolute atomic E-state index is 0.0482. The van der Waals surface area contributed by atoms with Gasteiger partial charge in [-0.15, -0.1) is 11.3 Å². The number of anilines is 1. The number of hydrogen-bond donors (Lipinski definition) is 3. The first-order valence-corrected chi connectivity index (χ1v) is 10.7. The Bertz CT molecular complexity index is 1140. The van der Waals surface area contributed by atoms with Crippen molar-refractivity contribution in [3.63, 3.8) is 0 Å². The van der Waals surface area contributed by atoms with Crippen LogP contribution in [0.25, 0.3) is 10.2 Å². The van der Waals surface area contributed by atoms with Gasteiger partial charge in [0.1, 0.15) is 4.83 Å². The standard InChI is InChI=1S/C19H18N4O3S2/c20-16(25)10-5-1-3-7-12(10)21-14(24)9-27-19-22-17(26)15-11-6-2-4-8-13(11)28-18(15)23-19/h1,3,5,7H,2,4,6,8-9H2,(H2,20,25)(H,21,24)(H,22,23,26). The van der Waals surface area contributed by atoms with E-state index < -0.39 is 5.91 Å². The molecule has 28 heavy (non-hydrogen) atoms. The lowest BCUT2D eigenvalue weighted by molar-refractivity contribution is -0.113. The van der Waals surface area contributed by atoms with Crippen molar-refractivity contribution < 1.29 is 9.59 Å². The van der Waals surface area contributed by atoms with Gasteiger partial charge in [-0.05, 0) is 43.4 Å². The number of H-pyrrole nitrogens is 1. The van der Waals surface area contributed by atoms with Gasteiger partial charge in [-0.2, -0.15) is 0 Å². The Hall–Kier alpha value is -2.65. The number of rotatable bonds is 5. The van der Waals surface area contributed by atoms with E-state index in [0.717, 1.165) is 47.8 Å². The molecule has 0 saturated carbocycles. The summed E-state index contributed by atoms with van der Waals surface area (Å²) in [5.41, 5.74) is 6.92. The zero-order valence-corrected chi connectivity index (χ0v) is 16.5. The monoisotopic (exact) mass is 414 g/mol. The minimum atomic E-state index is -0.610. The molecular formula is C19H18N4O3S2. The van der Waals surface area contributed by atoms with Gasteiger partial charge in [-0.3, -0.25) is 14.4 Å². The topological polar surface area (TPSA) is 118 Å². The molecule has 0 spiro atoms. The van der Waals surface area contributed by atoms with Crippen LogP contribution in [0.4, 0.5) is 5.69 Å². The number of nitrogens with two attached hydrogens (primary N) is 1. The molecule has 0 radical (unpaired) electrons. The summed E-state index contributed by atoms with van der Waals surface area (Å²) >= 11 is 2.72. The number of aryl methyl sites for hydroxylation is 2. The van der Waals surface area contributed by atoms with Gasteiger partial charge in [0.05, 0.1) is 22.4 Å². The maximum atomic E-state index is 12.5. The third-order valence-corrected chi connectivity index (χ3v) is 6.67. The second-order valence-corrected chi connectivity index (χ2v) is 8.56. The molecule has 2 heterocycles. The number of carbonyl (C=O) groups excluding carboxylic acids is 2. The molecule has 0 atom stereocenters. The van der Waals surface area contributed by atoms with Crippen LogP contribution in [0.3, 0.4) is 0 Å². The molecule has 2 aromatic heterocycles. The first-order valence-electron chi connectivity index (χ1n) is 8.89. The number of hydrogen-bond acceptors (Lipinski definition) is 6. The van der Waals surface area contributed by atoms with Crippen LogP contribution in [-0.2, 0) is 17.6 Å². The third kappa shape index (κ3) is 3.67. The molecule has 0 aliphatic heterocycles. The van der Waals surface area contributed by atoms with E-state index in [4.69, 9.17) is 5.73 Å². The number of aromatic nitrogens is 2. The quantitative estimate of drug-likeness (QED) is 0.438. The number of nitrogens with one attached hydrogen (secondary N) is 2. The summed E-state index contributed by atoms with van der Waals surface area (Å²) < 4.78 is 0. The Balaban J connectivity index is 1.49. The van der Waals surface area contributed by atoms with Crippen molar-refractivity contribution in [1.29, 1.82) is 0 Å². The zero-order chi connectivity index (χ0) is 19.7. The highest BCUT2D eigenvalue weighted by Crippen LogP contribution is 2.34. The highest BCUT2D eigenvalue weighted by molar-refractivity contribution is 7.99. The smallest absolute Gasteiger partial charge is 0.260 e. The summed E-state index contributed by atoms with van der Waals surface area (Å²) in [6.45, 7) is 0. The van der Waals surface area contributed by atoms with Crippen molar-refractivity contribution in [1.82, 2.24) is 9.97 Å². The normalized spacial score (nSPS) is 13.3. The van der Waals surface area contributed by atoms with Gasteiger partial charge in [-0.25, -0.2) is 4.98 Å². The van der Waals surface area contributed by atoms with E-state index in [1.165, 1.54) is 4.88 Å². The Morgan fingerprint density at radius 3 is 2.86 bits per heavy atom. The van der Waals surface area contributed by atoms with Crippen LogP contribution < -0.4 is 16.6 Å². The number of nitrogens with zero attached hydrogens (tertiary/aromatic N) is 1. The van der Waals surface area contributed by atoms with Crippen molar-refractivity contribution in [3.05, 3.63) is 50.6 Å². The number of primary amides is 1. The number of thioether (sulfide) groups is 1. The molecule has 0 unspecified atom stereocenters. The number of para-hydroxylation sites is 1. The summed E-state index contributed by atoms with van der Waals surface area (Å²) in [6.07, 6.45) is 4.17. The van der Waals surface area contributed by atoms with E-state index in [1.54, 1.807) is 35.6 Å². The molecule has 7 nitrogen and oxygen atoms in total. The molecule has 2 amide bonds. The van der Waals surface area contributed by atoms with Crippen molar-refractivity contribution >= 4 is 50.8 Å². The van der Waals surface area contributed by atoms with Gasteiger partial charge in [0.25, 0.3) is 11.5 Å². The fourth-order valence-electron chi connectivity index (χ4n) is 3.34. The second-order valence-electron chi connectivity index (χ2n) is 6.51. The summed E-state index contributed by atoms with van der Waals surface area (Å²) in [4.78, 5) is 45.6. The number of benzene rings is 1. The number of thiophene rings is 1. The van der Waals surface area contributed by atoms with Crippen molar-refractivity contribution in [2.24, 2.45) is 5.73 Å². The SMILES string of the molecule is NC(=O)c1ccccc1NC(=O)CSc1nc2sc3c(c2c(=O)[nH]1)CCCC3. The Labute approximate surface area is 168 Å². The molecule has 3 aromatic rings. The van der Waals surface area contributed by atoms with Crippen LogP contribution in [-0.4, -0.2) is 27.5 Å². The van der Waals surface area contributed by atoms with Gasteiger partial charge in [0.2, 0.25) is 5.91 Å². The highest BCUT2D eigenvalue weighted by Gasteiger charge is 2.20. The summed E-state index contributed by atoms with van der Waals surface area (Å²) in [5.74, 6) is -0.874.